The second-order valence-corrected chi connectivity index (χ2v) is 5.14. The highest BCUT2D eigenvalue weighted by Gasteiger charge is 2.24. The summed E-state index contributed by atoms with van der Waals surface area (Å²) >= 11 is 0. The molecule has 0 saturated heterocycles. The van der Waals surface area contributed by atoms with E-state index in [2.05, 4.69) is 34.7 Å². The molecule has 2 atom stereocenters. The smallest absolute Gasteiger partial charge is 0.0860 e. The molecule has 0 aliphatic heterocycles. The normalized spacial score (nSPS) is 18.7. The van der Waals surface area contributed by atoms with E-state index in [4.69, 9.17) is 0 Å². The summed E-state index contributed by atoms with van der Waals surface area (Å²) in [6.07, 6.45) is 4.35. The third-order valence-corrected chi connectivity index (χ3v) is 3.69. The zero-order chi connectivity index (χ0) is 13.1. The van der Waals surface area contributed by atoms with Crippen molar-refractivity contribution in [2.24, 2.45) is 0 Å². The first-order valence-electron chi connectivity index (χ1n) is 6.77. The average molecular weight is 257 g/mol. The first-order chi connectivity index (χ1) is 9.33. The van der Waals surface area contributed by atoms with Crippen LogP contribution >= 0.6 is 0 Å². The van der Waals surface area contributed by atoms with Crippen LogP contribution in [0.15, 0.2) is 42.7 Å². The predicted molar refractivity (Wildman–Crippen MR) is 74.0 cm³/mol. The molecule has 100 valence electrons. The van der Waals surface area contributed by atoms with E-state index in [1.807, 2.05) is 12.3 Å². The number of aromatic nitrogens is 2. The molecule has 0 saturated carbocycles. The van der Waals surface area contributed by atoms with Gasteiger partial charge in [0.25, 0.3) is 0 Å². The molecule has 0 amide bonds. The van der Waals surface area contributed by atoms with Crippen LogP contribution in [0.4, 0.5) is 0 Å². The van der Waals surface area contributed by atoms with Crippen LogP contribution in [0.5, 0.6) is 0 Å². The van der Waals surface area contributed by atoms with Gasteiger partial charge in [-0.25, -0.2) is 0 Å². The van der Waals surface area contributed by atoms with Gasteiger partial charge in [0, 0.05) is 31.4 Å². The molecular formula is C15H19N3O. The van der Waals surface area contributed by atoms with Gasteiger partial charge < -0.3 is 10.4 Å². The first-order valence-corrected chi connectivity index (χ1v) is 6.77. The fourth-order valence-electron chi connectivity index (χ4n) is 2.66. The van der Waals surface area contributed by atoms with Gasteiger partial charge in [0.05, 0.1) is 12.6 Å². The number of rotatable bonds is 6. The van der Waals surface area contributed by atoms with Crippen LogP contribution in [0.1, 0.15) is 17.0 Å². The lowest BCUT2D eigenvalue weighted by molar-refractivity contribution is 0.146. The second-order valence-electron chi connectivity index (χ2n) is 5.14. The molecule has 0 bridgehead atoms. The van der Waals surface area contributed by atoms with Crippen molar-refractivity contribution < 1.29 is 5.11 Å². The van der Waals surface area contributed by atoms with Crippen LogP contribution in [0.3, 0.4) is 0 Å². The maximum atomic E-state index is 9.90. The molecule has 2 aromatic rings. The van der Waals surface area contributed by atoms with Gasteiger partial charge in [-0.2, -0.15) is 5.10 Å². The Bertz CT molecular complexity index is 524. The van der Waals surface area contributed by atoms with Crippen molar-refractivity contribution >= 4 is 0 Å². The second kappa shape index (κ2) is 5.55. The summed E-state index contributed by atoms with van der Waals surface area (Å²) in [6.45, 7) is 2.09. The lowest BCUT2D eigenvalue weighted by Gasteiger charge is -2.30. The number of fused-ring (bicyclic) bond motifs is 1. The van der Waals surface area contributed by atoms with E-state index in [1.54, 1.807) is 10.9 Å². The topological polar surface area (TPSA) is 50.1 Å². The van der Waals surface area contributed by atoms with Crippen molar-refractivity contribution in [2.75, 3.05) is 13.1 Å². The van der Waals surface area contributed by atoms with E-state index >= 15 is 0 Å². The predicted octanol–water partition coefficient (Wildman–Crippen LogP) is 1.17. The Labute approximate surface area is 113 Å². The lowest BCUT2D eigenvalue weighted by atomic mass is 9.77. The number of aliphatic hydroxyl groups is 1. The largest absolute Gasteiger partial charge is 0.390 e. The summed E-state index contributed by atoms with van der Waals surface area (Å²) < 4.78 is 1.75. The fourth-order valence-corrected chi connectivity index (χ4v) is 2.66. The highest BCUT2D eigenvalue weighted by Crippen LogP contribution is 2.33. The Kier molecular flexibility index (Phi) is 3.62. The molecule has 1 aromatic heterocycles. The van der Waals surface area contributed by atoms with Crippen molar-refractivity contribution in [2.45, 2.75) is 25.0 Å². The fraction of sp³-hybridized carbons (Fsp3) is 0.400. The molecule has 4 heteroatoms. The van der Waals surface area contributed by atoms with Crippen LogP contribution in [-0.2, 0) is 13.0 Å². The average Bonchev–Trinajstić information content (AvgIpc) is 2.87. The summed E-state index contributed by atoms with van der Waals surface area (Å²) in [5.74, 6) is 0.605. The van der Waals surface area contributed by atoms with Gasteiger partial charge in [-0.1, -0.05) is 24.3 Å². The molecule has 1 aromatic carbocycles. The lowest BCUT2D eigenvalue weighted by Crippen LogP contribution is -2.35. The Hall–Kier alpha value is -1.65. The molecule has 2 N–H and O–H groups in total. The van der Waals surface area contributed by atoms with E-state index < -0.39 is 6.10 Å². The monoisotopic (exact) mass is 257 g/mol. The van der Waals surface area contributed by atoms with Gasteiger partial charge in [0.1, 0.15) is 0 Å². The van der Waals surface area contributed by atoms with Crippen molar-refractivity contribution in [1.29, 1.82) is 0 Å². The zero-order valence-corrected chi connectivity index (χ0v) is 10.9. The van der Waals surface area contributed by atoms with E-state index in [9.17, 15) is 5.11 Å². The van der Waals surface area contributed by atoms with Gasteiger partial charge >= 0.3 is 0 Å². The maximum absolute atomic E-state index is 9.90. The van der Waals surface area contributed by atoms with E-state index in [1.165, 1.54) is 11.1 Å². The van der Waals surface area contributed by atoms with E-state index in [0.717, 1.165) is 13.0 Å². The summed E-state index contributed by atoms with van der Waals surface area (Å²) in [5.41, 5.74) is 2.92. The summed E-state index contributed by atoms with van der Waals surface area (Å²) in [5, 5.41) is 17.3. The number of nitrogens with one attached hydrogen (secondary N) is 1. The standard InChI is InChI=1S/C15H19N3O/c19-14(11-18-7-3-6-17-18)10-16-9-13-8-12-4-1-2-5-15(12)13/h1-7,13-14,16,19H,8-11H2. The minimum atomic E-state index is -0.393. The minimum absolute atomic E-state index is 0.393. The first kappa shape index (κ1) is 12.4. The third-order valence-electron chi connectivity index (χ3n) is 3.69. The minimum Gasteiger partial charge on any atom is -0.390 e. The van der Waals surface area contributed by atoms with Gasteiger partial charge in [-0.05, 0) is 23.6 Å². The quantitative estimate of drug-likeness (QED) is 0.817. The highest BCUT2D eigenvalue weighted by molar-refractivity contribution is 5.40. The van der Waals surface area contributed by atoms with Crippen LogP contribution in [0.2, 0.25) is 0 Å². The Morgan fingerprint density at radius 2 is 2.26 bits per heavy atom. The molecule has 1 aliphatic carbocycles. The molecule has 0 spiro atoms. The summed E-state index contributed by atoms with van der Waals surface area (Å²) in [4.78, 5) is 0. The maximum Gasteiger partial charge on any atom is 0.0860 e. The molecule has 2 unspecified atom stereocenters. The number of benzene rings is 1. The van der Waals surface area contributed by atoms with E-state index in [-0.39, 0.29) is 0 Å². The molecule has 19 heavy (non-hydrogen) atoms. The van der Waals surface area contributed by atoms with Gasteiger partial charge in [-0.3, -0.25) is 4.68 Å². The number of nitrogens with zero attached hydrogens (tertiary/aromatic N) is 2. The third kappa shape index (κ3) is 2.85. The van der Waals surface area contributed by atoms with Crippen LogP contribution in [0.25, 0.3) is 0 Å². The highest BCUT2D eigenvalue weighted by atomic mass is 16.3. The molecule has 1 aliphatic rings. The number of hydrogen-bond acceptors (Lipinski definition) is 3. The molecule has 4 nitrogen and oxygen atoms in total. The van der Waals surface area contributed by atoms with Gasteiger partial charge in [-0.15, -0.1) is 0 Å². The van der Waals surface area contributed by atoms with Crippen molar-refractivity contribution in [3.63, 3.8) is 0 Å². The molecule has 1 heterocycles. The zero-order valence-electron chi connectivity index (χ0n) is 10.9. The SMILES string of the molecule is OC(CNCC1Cc2ccccc21)Cn1cccn1. The van der Waals surface area contributed by atoms with Gasteiger partial charge in [0.2, 0.25) is 0 Å². The van der Waals surface area contributed by atoms with Crippen LogP contribution in [0, 0.1) is 0 Å². The van der Waals surface area contributed by atoms with Crippen molar-refractivity contribution in [3.05, 3.63) is 53.9 Å². The molecule has 0 fully saturated rings. The molecule has 3 rings (SSSR count). The van der Waals surface area contributed by atoms with Crippen molar-refractivity contribution in [3.8, 4) is 0 Å². The molecular weight excluding hydrogens is 238 g/mol. The van der Waals surface area contributed by atoms with E-state index in [0.29, 0.717) is 19.0 Å². The van der Waals surface area contributed by atoms with Gasteiger partial charge in [0.15, 0.2) is 0 Å². The Balaban J connectivity index is 1.40. The Morgan fingerprint density at radius 3 is 3.05 bits per heavy atom. The number of aliphatic hydroxyl groups excluding tert-OH is 1. The Morgan fingerprint density at radius 1 is 1.37 bits per heavy atom. The summed E-state index contributed by atoms with van der Waals surface area (Å²) in [6, 6.07) is 10.4. The van der Waals surface area contributed by atoms with Crippen LogP contribution in [-0.4, -0.2) is 34.1 Å². The number of hydrogen-bond donors (Lipinski definition) is 2. The molecule has 0 radical (unpaired) electrons. The van der Waals surface area contributed by atoms with Crippen LogP contribution < -0.4 is 5.32 Å². The van der Waals surface area contributed by atoms with Crippen molar-refractivity contribution in [1.82, 2.24) is 15.1 Å². The summed E-state index contributed by atoms with van der Waals surface area (Å²) in [7, 11) is 0.